The van der Waals surface area contributed by atoms with Crippen LogP contribution in [0.2, 0.25) is 0 Å². The highest BCUT2D eigenvalue weighted by molar-refractivity contribution is 8.00. The molecular formula is C51H57Cl3F3N9O9S3. The Hall–Kier alpha value is -5.31. The summed E-state index contributed by atoms with van der Waals surface area (Å²) in [5, 5.41) is 28.2. The molecule has 0 bridgehead atoms. The number of hydrogen-bond donors (Lipinski definition) is 3. The van der Waals surface area contributed by atoms with Crippen LogP contribution in [0.5, 0.6) is 0 Å². The molecule has 6 aromatic rings. The van der Waals surface area contributed by atoms with E-state index in [1.54, 1.807) is 13.7 Å². The highest BCUT2D eigenvalue weighted by Gasteiger charge is 2.32. The van der Waals surface area contributed by atoms with Crippen molar-refractivity contribution in [2.45, 2.75) is 34.3 Å². The van der Waals surface area contributed by atoms with Gasteiger partial charge in [-0.2, -0.15) is 0 Å². The number of pyridine rings is 3. The monoisotopic (exact) mass is 1200 g/mol. The normalized spacial score (nSPS) is 17.2. The average Bonchev–Trinajstić information content (AvgIpc) is 3.56. The maximum absolute atomic E-state index is 15.0. The smallest absolute Gasteiger partial charge is 0.341 e. The van der Waals surface area contributed by atoms with Gasteiger partial charge in [0.1, 0.15) is 34.1 Å². The number of piperazine rings is 3. The molecule has 0 saturated carbocycles. The second kappa shape index (κ2) is 24.6. The molecule has 0 aliphatic carbocycles. The Morgan fingerprint density at radius 3 is 0.859 bits per heavy atom. The van der Waals surface area contributed by atoms with Crippen molar-refractivity contribution in [3.8, 4) is 0 Å². The van der Waals surface area contributed by atoms with Crippen LogP contribution in [0.4, 0.5) is 30.2 Å². The van der Waals surface area contributed by atoms with Crippen molar-refractivity contribution < 1.29 is 42.9 Å². The Balaban J connectivity index is 0.000000166. The van der Waals surface area contributed by atoms with Gasteiger partial charge in [-0.15, -0.1) is 72.5 Å². The minimum Gasteiger partial charge on any atom is -0.477 e. The quantitative estimate of drug-likeness (QED) is 0.167. The maximum atomic E-state index is 15.0. The molecule has 3 N–H and O–H groups in total. The van der Waals surface area contributed by atoms with Crippen LogP contribution in [0.15, 0.2) is 65.9 Å². The standard InChI is InChI=1S/3C17H18FN3O3S.3ClH/c3*1-19-2-4-20(5-3-19)14-12(18)8-10-13-16(14)25-7-6-21(13)9-11(15(10)22)17(23)24;;;/h3*8-9H,2-7H2,1H3,(H,23,24);3*1H. The van der Waals surface area contributed by atoms with Crippen molar-refractivity contribution in [2.24, 2.45) is 0 Å². The fraction of sp³-hybridized carbons (Fsp3) is 0.412. The van der Waals surface area contributed by atoms with Crippen LogP contribution in [-0.4, -0.2) is 179 Å². The Kier molecular flexibility index (Phi) is 19.0. The van der Waals surface area contributed by atoms with Gasteiger partial charge in [0.05, 0.1) is 64.5 Å². The maximum Gasteiger partial charge on any atom is 0.341 e. The molecule has 12 rings (SSSR count). The average molecular weight is 1200 g/mol. The molecule has 3 saturated heterocycles. The van der Waals surface area contributed by atoms with Crippen LogP contribution >= 0.6 is 72.5 Å². The van der Waals surface area contributed by atoms with Gasteiger partial charge in [-0.25, -0.2) is 27.6 Å². The summed E-state index contributed by atoms with van der Waals surface area (Å²) in [5.41, 5.74) is 0.810. The molecule has 3 fully saturated rings. The fourth-order valence-electron chi connectivity index (χ4n) is 10.6. The first-order chi connectivity index (χ1) is 35.9. The second-order valence-electron chi connectivity index (χ2n) is 19.3. The van der Waals surface area contributed by atoms with Gasteiger partial charge < -0.3 is 58.4 Å². The van der Waals surface area contributed by atoms with Gasteiger partial charge in [0.25, 0.3) is 0 Å². The first-order valence-electron chi connectivity index (χ1n) is 24.5. The molecule has 3 aromatic heterocycles. The summed E-state index contributed by atoms with van der Waals surface area (Å²) in [6.45, 7) is 11.3. The molecule has 27 heteroatoms. The number of aryl methyl sites for hydroxylation is 3. The molecule has 0 spiro atoms. The minimum absolute atomic E-state index is 0. The van der Waals surface area contributed by atoms with E-state index in [1.165, 1.54) is 72.1 Å². The van der Waals surface area contributed by atoms with E-state index >= 15 is 0 Å². The zero-order valence-corrected chi connectivity index (χ0v) is 47.5. The van der Waals surface area contributed by atoms with Gasteiger partial charge in [-0.3, -0.25) is 14.4 Å². The lowest BCUT2D eigenvalue weighted by Crippen LogP contribution is -2.45. The van der Waals surface area contributed by atoms with E-state index < -0.39 is 51.6 Å². The van der Waals surface area contributed by atoms with Gasteiger partial charge in [-0.05, 0) is 39.3 Å². The molecule has 18 nitrogen and oxygen atoms in total. The summed E-state index contributed by atoms with van der Waals surface area (Å²) in [5.74, 6) is -3.04. The highest BCUT2D eigenvalue weighted by Crippen LogP contribution is 2.44. The zero-order valence-electron chi connectivity index (χ0n) is 42.6. The van der Waals surface area contributed by atoms with E-state index in [9.17, 15) is 57.3 Å². The van der Waals surface area contributed by atoms with Crippen LogP contribution in [0.3, 0.4) is 0 Å². The summed E-state index contributed by atoms with van der Waals surface area (Å²) < 4.78 is 50.2. The Labute approximate surface area is 476 Å². The van der Waals surface area contributed by atoms with E-state index in [4.69, 9.17) is 0 Å². The van der Waals surface area contributed by atoms with E-state index in [2.05, 4.69) is 14.7 Å². The molecule has 78 heavy (non-hydrogen) atoms. The number of carbonyl (C=O) groups is 3. The first kappa shape index (κ1) is 60.3. The highest BCUT2D eigenvalue weighted by atomic mass is 35.5. The lowest BCUT2D eigenvalue weighted by atomic mass is 10.1. The molecule has 0 atom stereocenters. The van der Waals surface area contributed by atoms with Crippen molar-refractivity contribution in [1.29, 1.82) is 0 Å². The van der Waals surface area contributed by atoms with Crippen LogP contribution < -0.4 is 31.0 Å². The molecular weight excluding hydrogens is 1140 g/mol. The van der Waals surface area contributed by atoms with E-state index in [0.717, 1.165) is 93.2 Å². The molecule has 3 aromatic carbocycles. The summed E-state index contributed by atoms with van der Waals surface area (Å²) in [6.07, 6.45) is 4.17. The summed E-state index contributed by atoms with van der Waals surface area (Å²) in [4.78, 5) is 86.5. The number of anilines is 3. The van der Waals surface area contributed by atoms with Gasteiger partial charge >= 0.3 is 17.9 Å². The first-order valence-corrected chi connectivity index (χ1v) is 27.4. The Morgan fingerprint density at radius 1 is 0.410 bits per heavy atom. The Bertz CT molecular complexity index is 3190. The lowest BCUT2D eigenvalue weighted by molar-refractivity contribution is 0.0684. The third-order valence-electron chi connectivity index (χ3n) is 14.6. The van der Waals surface area contributed by atoms with Crippen molar-refractivity contribution >= 4 is 140 Å². The summed E-state index contributed by atoms with van der Waals surface area (Å²) in [7, 11) is 6.12. The van der Waals surface area contributed by atoms with Gasteiger partial charge in [0.2, 0.25) is 16.3 Å². The number of nitrogens with zero attached hydrogens (tertiary/aromatic N) is 9. The van der Waals surface area contributed by atoms with Crippen LogP contribution in [0.25, 0.3) is 32.7 Å². The van der Waals surface area contributed by atoms with Gasteiger partial charge in [0, 0.05) is 134 Å². The lowest BCUT2D eigenvalue weighted by Gasteiger charge is -2.36. The van der Waals surface area contributed by atoms with Crippen molar-refractivity contribution in [2.75, 3.05) is 132 Å². The number of halogens is 6. The van der Waals surface area contributed by atoms with Crippen LogP contribution in [-0.2, 0) is 19.6 Å². The fourth-order valence-corrected chi connectivity index (χ4v) is 14.2. The van der Waals surface area contributed by atoms with Crippen molar-refractivity contribution in [1.82, 2.24) is 28.4 Å². The van der Waals surface area contributed by atoms with Crippen molar-refractivity contribution in [3.05, 3.63) is 102 Å². The molecule has 6 aliphatic rings. The van der Waals surface area contributed by atoms with Gasteiger partial charge in [-0.1, -0.05) is 0 Å². The topological polar surface area (TPSA) is 197 Å². The number of aromatic carboxylic acids is 3. The number of hydrogen-bond acceptors (Lipinski definition) is 15. The molecule has 0 amide bonds. The number of thioether (sulfide) groups is 3. The number of carboxylic acid groups (broad SMARTS) is 3. The number of rotatable bonds is 6. The summed E-state index contributed by atoms with van der Waals surface area (Å²) >= 11 is 4.61. The zero-order chi connectivity index (χ0) is 53.1. The SMILES string of the molecule is CN1CCN(c2c(F)cc3c(=O)c(C(=O)O)cn4c3c2SCC4)CC1.CN1CCN(c2c(F)cc3c(=O)c(C(=O)O)cn4c3c2SCC4)CC1.CN1CCN(c2c(F)cc3c(=O)c(C(=O)O)cn4c3c2SCC4)CC1.Cl.Cl.Cl. The predicted molar refractivity (Wildman–Crippen MR) is 308 cm³/mol. The third-order valence-corrected chi connectivity index (χ3v) is 17.8. The predicted octanol–water partition coefficient (Wildman–Crippen LogP) is 6.35. The largest absolute Gasteiger partial charge is 0.477 e. The van der Waals surface area contributed by atoms with E-state index in [-0.39, 0.29) is 70.1 Å². The second-order valence-corrected chi connectivity index (χ2v) is 22.6. The molecule has 9 heterocycles. The number of carboxylic acids is 3. The van der Waals surface area contributed by atoms with Crippen molar-refractivity contribution in [3.63, 3.8) is 0 Å². The Morgan fingerprint density at radius 2 is 0.641 bits per heavy atom. The van der Waals surface area contributed by atoms with Crippen LogP contribution in [0, 0.1) is 17.5 Å². The number of likely N-dealkylation sites (N-methyl/N-ethyl adjacent to an activating group) is 3. The number of aromatic nitrogens is 3. The summed E-state index contributed by atoms with van der Waals surface area (Å²) in [6, 6.07) is 3.64. The van der Waals surface area contributed by atoms with Crippen LogP contribution in [0.1, 0.15) is 31.1 Å². The number of benzene rings is 3. The minimum atomic E-state index is -1.28. The molecule has 420 valence electrons. The van der Waals surface area contributed by atoms with Gasteiger partial charge in [0.15, 0.2) is 0 Å². The molecule has 0 unspecified atom stereocenters. The third kappa shape index (κ3) is 11.3. The molecule has 6 aliphatic heterocycles. The van der Waals surface area contributed by atoms with E-state index in [1.807, 2.05) is 35.8 Å². The molecule has 0 radical (unpaired) electrons. The van der Waals surface area contributed by atoms with E-state index in [0.29, 0.717) is 70.5 Å².